The van der Waals surface area contributed by atoms with Gasteiger partial charge in [0.2, 0.25) is 13.4 Å². The zero-order chi connectivity index (χ0) is 48.4. The van der Waals surface area contributed by atoms with E-state index in [9.17, 15) is 0 Å². The van der Waals surface area contributed by atoms with Crippen LogP contribution >= 0.6 is 0 Å². The predicted octanol–water partition coefficient (Wildman–Crippen LogP) is 13.8. The highest BCUT2D eigenvalue weighted by atomic mass is 15.2. The maximum atomic E-state index is 2.58. The minimum absolute atomic E-state index is 0.0185. The first kappa shape index (κ1) is 41.1. The molecule has 0 saturated carbocycles. The fourth-order valence-corrected chi connectivity index (χ4v) is 13.3. The van der Waals surface area contributed by atoms with Crippen molar-refractivity contribution in [2.75, 3.05) is 19.6 Å². The molecule has 6 heteroatoms. The minimum atomic E-state index is -0.0185. The molecule has 4 aliphatic rings. The Labute approximate surface area is 431 Å². The van der Waals surface area contributed by atoms with Crippen LogP contribution in [0.4, 0.5) is 68.2 Å². The molecule has 0 unspecified atom stereocenters. The van der Waals surface area contributed by atoms with Gasteiger partial charge in [-0.2, -0.15) is 0 Å². The molecule has 12 aromatic carbocycles. The lowest BCUT2D eigenvalue weighted by molar-refractivity contribution is 1.24. The third-order valence-electron chi connectivity index (χ3n) is 16.1. The molecule has 4 nitrogen and oxygen atoms in total. The quantitative estimate of drug-likeness (QED) is 0.111. The zero-order valence-corrected chi connectivity index (χ0v) is 40.3. The number of fused-ring (bicyclic) bond motifs is 6. The molecule has 0 aliphatic carbocycles. The van der Waals surface area contributed by atoms with Gasteiger partial charge in [0.1, 0.15) is 0 Å². The molecule has 16 rings (SSSR count). The number of benzene rings is 12. The number of anilines is 12. The van der Waals surface area contributed by atoms with Crippen molar-refractivity contribution in [1.82, 2.24) is 0 Å². The van der Waals surface area contributed by atoms with Crippen LogP contribution in [0, 0.1) is 0 Å². The van der Waals surface area contributed by atoms with E-state index in [0.29, 0.717) is 0 Å². The maximum absolute atomic E-state index is 2.58. The van der Waals surface area contributed by atoms with E-state index in [1.54, 1.807) is 0 Å². The average molecular weight is 939 g/mol. The van der Waals surface area contributed by atoms with Crippen molar-refractivity contribution in [3.63, 3.8) is 0 Å². The van der Waals surface area contributed by atoms with Crippen molar-refractivity contribution in [3.05, 3.63) is 267 Å². The van der Waals surface area contributed by atoms with Crippen LogP contribution in [0.15, 0.2) is 267 Å². The Morgan fingerprint density at radius 2 is 0.622 bits per heavy atom. The van der Waals surface area contributed by atoms with Crippen LogP contribution in [0.3, 0.4) is 0 Å². The van der Waals surface area contributed by atoms with Crippen LogP contribution in [0.25, 0.3) is 32.7 Å². The second-order valence-corrected chi connectivity index (χ2v) is 20.0. The van der Waals surface area contributed by atoms with Crippen molar-refractivity contribution >= 4 is 136 Å². The highest BCUT2D eigenvalue weighted by Crippen LogP contribution is 2.51. The van der Waals surface area contributed by atoms with Crippen LogP contribution < -0.4 is 52.4 Å². The molecule has 0 N–H and O–H groups in total. The Morgan fingerprint density at radius 1 is 0.257 bits per heavy atom. The van der Waals surface area contributed by atoms with E-state index in [-0.39, 0.29) is 13.4 Å². The summed E-state index contributed by atoms with van der Waals surface area (Å²) in [6.07, 6.45) is 0. The molecule has 0 saturated heterocycles. The molecule has 12 aromatic rings. The topological polar surface area (TPSA) is 13.0 Å². The van der Waals surface area contributed by atoms with Crippen LogP contribution in [-0.2, 0) is 0 Å². The summed E-state index contributed by atoms with van der Waals surface area (Å²) in [6.45, 7) is -0.0370. The van der Waals surface area contributed by atoms with Gasteiger partial charge in [-0.25, -0.2) is 0 Å². The van der Waals surface area contributed by atoms with Gasteiger partial charge in [-0.05, 0) is 164 Å². The van der Waals surface area contributed by atoms with E-state index < -0.39 is 0 Å². The van der Waals surface area contributed by atoms with Crippen molar-refractivity contribution in [1.29, 1.82) is 0 Å². The van der Waals surface area contributed by atoms with Gasteiger partial charge in [0.25, 0.3) is 0 Å². The van der Waals surface area contributed by atoms with Gasteiger partial charge < -0.3 is 19.6 Å². The molecule has 0 fully saturated rings. The normalized spacial score (nSPS) is 13.0. The van der Waals surface area contributed by atoms with Gasteiger partial charge in [-0.3, -0.25) is 0 Å². The Balaban J connectivity index is 1.03. The molecule has 0 atom stereocenters. The number of para-hydroxylation sites is 6. The Hall–Kier alpha value is -9.51. The van der Waals surface area contributed by atoms with Crippen molar-refractivity contribution in [2.24, 2.45) is 0 Å². The number of nitrogens with zero attached hydrogens (tertiary/aromatic N) is 4. The van der Waals surface area contributed by atoms with Crippen LogP contribution in [0.1, 0.15) is 0 Å². The van der Waals surface area contributed by atoms with E-state index in [2.05, 4.69) is 287 Å². The number of hydrogen-bond acceptors (Lipinski definition) is 4. The minimum Gasteiger partial charge on any atom is -0.311 e. The van der Waals surface area contributed by atoms with Crippen molar-refractivity contribution < 1.29 is 0 Å². The first-order chi connectivity index (χ1) is 36.8. The van der Waals surface area contributed by atoms with Gasteiger partial charge in [0.15, 0.2) is 0 Å². The highest BCUT2D eigenvalue weighted by molar-refractivity contribution is 7.05. The summed E-state index contributed by atoms with van der Waals surface area (Å²) in [5.41, 5.74) is 24.5. The summed E-state index contributed by atoms with van der Waals surface area (Å²) in [5.74, 6) is 0. The summed E-state index contributed by atoms with van der Waals surface area (Å²) in [5, 5.41) is 5.32. The van der Waals surface area contributed by atoms with Crippen LogP contribution in [0.2, 0.25) is 0 Å². The van der Waals surface area contributed by atoms with Crippen molar-refractivity contribution in [3.8, 4) is 11.1 Å². The summed E-state index contributed by atoms with van der Waals surface area (Å²) < 4.78 is 0. The average Bonchev–Trinajstić information content (AvgIpc) is 3.46. The Morgan fingerprint density at radius 3 is 1.00 bits per heavy atom. The molecule has 0 bridgehead atoms. The lowest BCUT2D eigenvalue weighted by atomic mass is 9.27. The fraction of sp³-hybridized carbons (Fsp3) is 0. The zero-order valence-electron chi connectivity index (χ0n) is 40.3. The number of hydrogen-bond donors (Lipinski definition) is 0. The van der Waals surface area contributed by atoms with Gasteiger partial charge >= 0.3 is 0 Å². The first-order valence-electron chi connectivity index (χ1n) is 25.7. The van der Waals surface area contributed by atoms with E-state index in [0.717, 1.165) is 45.5 Å². The third-order valence-corrected chi connectivity index (χ3v) is 16.1. The van der Waals surface area contributed by atoms with Gasteiger partial charge in [-0.15, -0.1) is 0 Å². The van der Waals surface area contributed by atoms with Crippen LogP contribution in [0.5, 0.6) is 0 Å². The molecule has 0 amide bonds. The molecule has 342 valence electrons. The molecule has 0 radical (unpaired) electrons. The standard InChI is InChI=1S/C68H44B2N4/c1-7-23-47(24-8-1)71(48-25-9-2-10-26-48)53-37-39-55-59(42-53)73(51-31-15-5-16-32-51)61-44-62-68-66-65-63-45(21-19-35-57(63)69(55)67(61)66)41-46-22-20-36-58(64(46)65)70(68)56-40-38-54(43-60(56)74(62)52-33-17-6-18-34-52)72(49-27-11-3-12-28-49)50-29-13-4-14-30-50/h1-44H. The second kappa shape index (κ2) is 16.0. The lowest BCUT2D eigenvalue weighted by Gasteiger charge is -2.47. The van der Waals surface area contributed by atoms with Gasteiger partial charge in [0, 0.05) is 68.2 Å². The monoisotopic (exact) mass is 938 g/mol. The maximum Gasteiger partial charge on any atom is 0.248 e. The Kier molecular flexibility index (Phi) is 8.89. The SMILES string of the molecule is c1ccc(N(c2ccccc2)c2ccc3c(c2)N(c2ccccc2)c2cc4c5c6c2B3c2cccc3cc7cccc(c7c-6c23)B5c2ccc(N(c3ccccc3)c3ccccc3)cc2N4c2ccccc2)cc1. The van der Waals surface area contributed by atoms with E-state index in [1.165, 1.54) is 88.2 Å². The van der Waals surface area contributed by atoms with Crippen LogP contribution in [-0.4, -0.2) is 13.4 Å². The highest BCUT2D eigenvalue weighted by Gasteiger charge is 2.50. The van der Waals surface area contributed by atoms with Gasteiger partial charge in [-0.1, -0.05) is 169 Å². The summed E-state index contributed by atoms with van der Waals surface area (Å²) in [4.78, 5) is 9.95. The van der Waals surface area contributed by atoms with E-state index >= 15 is 0 Å². The summed E-state index contributed by atoms with van der Waals surface area (Å²) in [7, 11) is 0. The second-order valence-electron chi connectivity index (χ2n) is 20.0. The molecule has 4 aliphatic heterocycles. The lowest BCUT2D eigenvalue weighted by Crippen LogP contribution is -2.66. The molecular formula is C68H44B2N4. The molecule has 0 spiro atoms. The Bertz CT molecular complexity index is 3870. The fourth-order valence-electron chi connectivity index (χ4n) is 13.3. The van der Waals surface area contributed by atoms with Crippen molar-refractivity contribution in [2.45, 2.75) is 0 Å². The summed E-state index contributed by atoms with van der Waals surface area (Å²) >= 11 is 0. The molecule has 0 aromatic heterocycles. The summed E-state index contributed by atoms with van der Waals surface area (Å²) in [6, 6.07) is 98.9. The largest absolute Gasteiger partial charge is 0.311 e. The third kappa shape index (κ3) is 5.88. The van der Waals surface area contributed by atoms with E-state index in [1.807, 2.05) is 0 Å². The smallest absolute Gasteiger partial charge is 0.248 e. The first-order valence-corrected chi connectivity index (χ1v) is 25.7. The molecule has 74 heavy (non-hydrogen) atoms. The van der Waals surface area contributed by atoms with E-state index in [4.69, 9.17) is 0 Å². The number of rotatable bonds is 8. The molecule has 4 heterocycles. The molecular weight excluding hydrogens is 894 g/mol. The predicted molar refractivity (Wildman–Crippen MR) is 315 cm³/mol. The van der Waals surface area contributed by atoms with Gasteiger partial charge in [0.05, 0.1) is 0 Å².